The highest BCUT2D eigenvalue weighted by atomic mass is 16.5. The van der Waals surface area contributed by atoms with Crippen LogP contribution in [-0.4, -0.2) is 12.6 Å². The number of rotatable bonds is 20. The molecule has 0 aliphatic heterocycles. The first-order valence-electron chi connectivity index (χ1n) is 12.7. The highest BCUT2D eigenvalue weighted by molar-refractivity contribution is 5.76. The minimum Gasteiger partial charge on any atom is -0.465 e. The van der Waals surface area contributed by atoms with Crippen molar-refractivity contribution in [2.24, 2.45) is 11.3 Å². The molecular weight excluding hydrogens is 344 g/mol. The molecule has 168 valence electrons. The lowest BCUT2D eigenvalue weighted by atomic mass is 9.72. The molecule has 0 fully saturated rings. The van der Waals surface area contributed by atoms with E-state index in [1.807, 2.05) is 0 Å². The molecule has 0 bridgehead atoms. The zero-order valence-electron chi connectivity index (χ0n) is 20.1. The number of hydrogen-bond donors (Lipinski definition) is 0. The van der Waals surface area contributed by atoms with Gasteiger partial charge in [-0.2, -0.15) is 0 Å². The van der Waals surface area contributed by atoms with Gasteiger partial charge in [-0.15, -0.1) is 0 Å². The normalized spacial score (nSPS) is 14.6. The standard InChI is InChI=1S/C26H52O2/c1-6-9-12-14-15-16-17-20-23-28-25(27)26(5,22-19-13-10-7-2)24(4)21-18-11-8-3/h24H,6-23H2,1-5H3. The Morgan fingerprint density at radius 3 is 1.75 bits per heavy atom. The topological polar surface area (TPSA) is 26.3 Å². The first kappa shape index (κ1) is 27.5. The number of unbranched alkanes of at least 4 members (excludes halogenated alkanes) is 12. The van der Waals surface area contributed by atoms with Gasteiger partial charge in [-0.1, -0.05) is 118 Å². The summed E-state index contributed by atoms with van der Waals surface area (Å²) in [5, 5.41) is 0. The Balaban J connectivity index is 4.30. The lowest BCUT2D eigenvalue weighted by molar-refractivity contribution is -0.159. The van der Waals surface area contributed by atoms with Crippen LogP contribution in [0.3, 0.4) is 0 Å². The third-order valence-corrected chi connectivity index (χ3v) is 6.58. The molecule has 28 heavy (non-hydrogen) atoms. The second-order valence-electron chi connectivity index (χ2n) is 9.24. The number of hydrogen-bond acceptors (Lipinski definition) is 2. The van der Waals surface area contributed by atoms with Crippen LogP contribution in [0.5, 0.6) is 0 Å². The molecule has 0 aromatic carbocycles. The third kappa shape index (κ3) is 12.8. The summed E-state index contributed by atoms with van der Waals surface area (Å²) < 4.78 is 5.80. The van der Waals surface area contributed by atoms with Crippen LogP contribution in [0.15, 0.2) is 0 Å². The van der Waals surface area contributed by atoms with Crippen molar-refractivity contribution < 1.29 is 9.53 Å². The van der Waals surface area contributed by atoms with Gasteiger partial charge in [0.2, 0.25) is 0 Å². The number of carbonyl (C=O) groups is 1. The van der Waals surface area contributed by atoms with Gasteiger partial charge >= 0.3 is 5.97 Å². The molecule has 0 amide bonds. The molecule has 2 atom stereocenters. The lowest BCUT2D eigenvalue weighted by Crippen LogP contribution is -2.36. The summed E-state index contributed by atoms with van der Waals surface area (Å²) in [6.07, 6.45) is 21.0. The first-order chi connectivity index (χ1) is 13.5. The van der Waals surface area contributed by atoms with Gasteiger partial charge in [0.25, 0.3) is 0 Å². The van der Waals surface area contributed by atoms with Crippen molar-refractivity contribution in [1.82, 2.24) is 0 Å². The molecular formula is C26H52O2. The molecule has 0 aromatic heterocycles. The van der Waals surface area contributed by atoms with Crippen molar-refractivity contribution in [3.8, 4) is 0 Å². The van der Waals surface area contributed by atoms with Crippen LogP contribution in [0.4, 0.5) is 0 Å². The van der Waals surface area contributed by atoms with Gasteiger partial charge in [-0.3, -0.25) is 4.79 Å². The number of esters is 1. The Bertz CT molecular complexity index is 352. The zero-order valence-corrected chi connectivity index (χ0v) is 20.1. The average Bonchev–Trinajstić information content (AvgIpc) is 2.69. The smallest absolute Gasteiger partial charge is 0.312 e. The van der Waals surface area contributed by atoms with E-state index in [1.165, 1.54) is 83.5 Å². The van der Waals surface area contributed by atoms with Crippen molar-refractivity contribution in [2.45, 2.75) is 144 Å². The summed E-state index contributed by atoms with van der Waals surface area (Å²) in [5.41, 5.74) is -0.304. The summed E-state index contributed by atoms with van der Waals surface area (Å²) in [6.45, 7) is 11.8. The molecule has 0 spiro atoms. The van der Waals surface area contributed by atoms with Crippen LogP contribution in [0.2, 0.25) is 0 Å². The molecule has 0 aliphatic carbocycles. The van der Waals surface area contributed by atoms with Crippen molar-refractivity contribution >= 4 is 5.97 Å². The Kier molecular flexibility index (Phi) is 18.1. The van der Waals surface area contributed by atoms with Gasteiger partial charge in [0.1, 0.15) is 0 Å². The molecule has 0 heterocycles. The second kappa shape index (κ2) is 18.5. The van der Waals surface area contributed by atoms with E-state index in [1.54, 1.807) is 0 Å². The van der Waals surface area contributed by atoms with Gasteiger partial charge in [-0.25, -0.2) is 0 Å². The van der Waals surface area contributed by atoms with E-state index in [0.717, 1.165) is 25.7 Å². The van der Waals surface area contributed by atoms with Crippen molar-refractivity contribution in [3.05, 3.63) is 0 Å². The molecule has 2 heteroatoms. The molecule has 0 rings (SSSR count). The fourth-order valence-corrected chi connectivity index (χ4v) is 4.05. The molecule has 2 nitrogen and oxygen atoms in total. The van der Waals surface area contributed by atoms with Crippen molar-refractivity contribution in [1.29, 1.82) is 0 Å². The quantitative estimate of drug-likeness (QED) is 0.152. The summed E-state index contributed by atoms with van der Waals surface area (Å²) >= 11 is 0. The van der Waals surface area contributed by atoms with Gasteiger partial charge in [0.05, 0.1) is 12.0 Å². The molecule has 0 saturated heterocycles. The Morgan fingerprint density at radius 2 is 1.18 bits per heavy atom. The largest absolute Gasteiger partial charge is 0.465 e. The zero-order chi connectivity index (χ0) is 21.1. The monoisotopic (exact) mass is 396 g/mol. The van der Waals surface area contributed by atoms with Crippen LogP contribution in [0.25, 0.3) is 0 Å². The van der Waals surface area contributed by atoms with Crippen LogP contribution in [-0.2, 0) is 9.53 Å². The Hall–Kier alpha value is -0.530. The predicted octanol–water partition coefficient (Wildman–Crippen LogP) is 8.86. The van der Waals surface area contributed by atoms with Crippen molar-refractivity contribution in [2.75, 3.05) is 6.61 Å². The van der Waals surface area contributed by atoms with Gasteiger partial charge in [0.15, 0.2) is 0 Å². The van der Waals surface area contributed by atoms with Gasteiger partial charge in [-0.05, 0) is 32.1 Å². The average molecular weight is 397 g/mol. The molecule has 0 aromatic rings. The molecule has 0 N–H and O–H groups in total. The maximum atomic E-state index is 13.0. The molecule has 2 unspecified atom stereocenters. The van der Waals surface area contributed by atoms with Gasteiger partial charge < -0.3 is 4.74 Å². The maximum Gasteiger partial charge on any atom is 0.312 e. The van der Waals surface area contributed by atoms with E-state index in [0.29, 0.717) is 12.5 Å². The Morgan fingerprint density at radius 1 is 0.714 bits per heavy atom. The lowest BCUT2D eigenvalue weighted by Gasteiger charge is -2.34. The number of ether oxygens (including phenoxy) is 1. The van der Waals surface area contributed by atoms with E-state index >= 15 is 0 Å². The minimum absolute atomic E-state index is 0.0657. The summed E-state index contributed by atoms with van der Waals surface area (Å²) in [6, 6.07) is 0. The summed E-state index contributed by atoms with van der Waals surface area (Å²) in [7, 11) is 0. The fraction of sp³-hybridized carbons (Fsp3) is 0.962. The van der Waals surface area contributed by atoms with Crippen molar-refractivity contribution in [3.63, 3.8) is 0 Å². The fourth-order valence-electron chi connectivity index (χ4n) is 4.05. The second-order valence-corrected chi connectivity index (χ2v) is 9.24. The third-order valence-electron chi connectivity index (χ3n) is 6.58. The highest BCUT2D eigenvalue weighted by Crippen LogP contribution is 2.38. The van der Waals surface area contributed by atoms with E-state index in [9.17, 15) is 4.79 Å². The Labute approximate surface area is 177 Å². The van der Waals surface area contributed by atoms with E-state index in [2.05, 4.69) is 34.6 Å². The highest BCUT2D eigenvalue weighted by Gasteiger charge is 2.39. The van der Waals surface area contributed by atoms with Crippen LogP contribution >= 0.6 is 0 Å². The SMILES string of the molecule is CCCCCCCCCCOC(=O)C(C)(CCCCCC)C(C)CCCCC. The predicted molar refractivity (Wildman–Crippen MR) is 124 cm³/mol. The molecule has 0 saturated carbocycles. The van der Waals surface area contributed by atoms with E-state index < -0.39 is 0 Å². The summed E-state index contributed by atoms with van der Waals surface area (Å²) in [5.74, 6) is 0.475. The summed E-state index contributed by atoms with van der Waals surface area (Å²) in [4.78, 5) is 13.0. The maximum absolute atomic E-state index is 13.0. The van der Waals surface area contributed by atoms with E-state index in [-0.39, 0.29) is 11.4 Å². The van der Waals surface area contributed by atoms with Crippen LogP contribution < -0.4 is 0 Å². The molecule has 0 aliphatic rings. The van der Waals surface area contributed by atoms with Gasteiger partial charge in [0, 0.05) is 0 Å². The molecule has 0 radical (unpaired) electrons. The minimum atomic E-state index is -0.304. The van der Waals surface area contributed by atoms with Crippen LogP contribution in [0.1, 0.15) is 144 Å². The van der Waals surface area contributed by atoms with Crippen LogP contribution in [0, 0.1) is 11.3 Å². The number of carbonyl (C=O) groups excluding carboxylic acids is 1. The first-order valence-corrected chi connectivity index (χ1v) is 12.7. The van der Waals surface area contributed by atoms with E-state index in [4.69, 9.17) is 4.74 Å².